The van der Waals surface area contributed by atoms with E-state index in [-0.39, 0.29) is 22.7 Å². The van der Waals surface area contributed by atoms with Crippen LogP contribution in [0.3, 0.4) is 0 Å². The second-order valence-electron chi connectivity index (χ2n) is 6.89. The summed E-state index contributed by atoms with van der Waals surface area (Å²) in [6.45, 7) is 1.17. The van der Waals surface area contributed by atoms with E-state index in [2.05, 4.69) is 4.98 Å². The van der Waals surface area contributed by atoms with Gasteiger partial charge in [0.15, 0.2) is 0 Å². The Morgan fingerprint density at radius 3 is 2.36 bits per heavy atom. The van der Waals surface area contributed by atoms with Gasteiger partial charge in [0, 0.05) is 48.8 Å². The van der Waals surface area contributed by atoms with Crippen LogP contribution in [-0.2, 0) is 16.5 Å². The third-order valence-corrected chi connectivity index (χ3v) is 7.54. The number of pyridine rings is 1. The van der Waals surface area contributed by atoms with Gasteiger partial charge in [0.2, 0.25) is 0 Å². The molecule has 2 heterocycles. The molecule has 12 heteroatoms. The predicted molar refractivity (Wildman–Crippen MR) is 131 cm³/mol. The maximum atomic E-state index is 13.3. The molecule has 0 saturated heterocycles. The molecular formula is C21H21Cl2N3O5S2. The number of nitrogens with zero attached hydrogens (tertiary/aromatic N) is 3. The average Bonchev–Trinajstić information content (AvgIpc) is 3.28. The number of halogens is 2. The first-order valence-corrected chi connectivity index (χ1v) is 13.3. The van der Waals surface area contributed by atoms with Crippen LogP contribution in [0.4, 0.5) is 10.7 Å². The number of alkyl halides is 2. The number of benzene rings is 1. The number of thiophene rings is 1. The summed E-state index contributed by atoms with van der Waals surface area (Å²) >= 11 is 12.6. The fourth-order valence-corrected chi connectivity index (χ4v) is 5.89. The summed E-state index contributed by atoms with van der Waals surface area (Å²) in [4.78, 5) is 17.0. The lowest BCUT2D eigenvalue weighted by Gasteiger charge is -2.23. The van der Waals surface area contributed by atoms with Gasteiger partial charge in [0.05, 0.1) is 10.5 Å². The Morgan fingerprint density at radius 1 is 1.09 bits per heavy atom. The van der Waals surface area contributed by atoms with Crippen LogP contribution in [0.1, 0.15) is 16.5 Å². The van der Waals surface area contributed by atoms with E-state index in [1.54, 1.807) is 30.3 Å². The Labute approximate surface area is 206 Å². The standard InChI is InChI=1S/C21H21Cl2N3O5S2/c22-9-12-25(13-10-23)17-4-6-18(7-5-17)31-33(29,30)20(15-16-3-1-2-11-24-16)19-8-14-32-21(19)26(27)28/h1-8,11,14,20H,9-10,12-13,15H2. The lowest BCUT2D eigenvalue weighted by atomic mass is 10.1. The highest BCUT2D eigenvalue weighted by atomic mass is 35.5. The van der Waals surface area contributed by atoms with Gasteiger partial charge in [-0.15, -0.1) is 23.2 Å². The van der Waals surface area contributed by atoms with E-state index in [1.807, 2.05) is 4.90 Å². The van der Waals surface area contributed by atoms with Gasteiger partial charge < -0.3 is 9.08 Å². The summed E-state index contributed by atoms with van der Waals surface area (Å²) in [6, 6.07) is 13.0. The molecule has 0 aliphatic rings. The average molecular weight is 530 g/mol. The van der Waals surface area contributed by atoms with Crippen LogP contribution in [0.5, 0.6) is 5.75 Å². The topological polar surface area (TPSA) is 103 Å². The van der Waals surface area contributed by atoms with E-state index < -0.39 is 20.3 Å². The highest BCUT2D eigenvalue weighted by Crippen LogP contribution is 2.38. The highest BCUT2D eigenvalue weighted by Gasteiger charge is 2.36. The molecule has 2 aromatic heterocycles. The first kappa shape index (κ1) is 25.2. The number of nitro groups is 1. The van der Waals surface area contributed by atoms with Gasteiger partial charge in [0.1, 0.15) is 11.0 Å². The van der Waals surface area contributed by atoms with Crippen molar-refractivity contribution in [1.29, 1.82) is 0 Å². The van der Waals surface area contributed by atoms with Crippen LogP contribution in [0, 0.1) is 10.1 Å². The second kappa shape index (κ2) is 11.6. The number of hydrogen-bond acceptors (Lipinski definition) is 8. The van der Waals surface area contributed by atoms with Crippen molar-refractivity contribution in [2.24, 2.45) is 0 Å². The van der Waals surface area contributed by atoms with Crippen molar-refractivity contribution < 1.29 is 17.5 Å². The van der Waals surface area contributed by atoms with Crippen molar-refractivity contribution in [3.8, 4) is 5.75 Å². The molecule has 0 amide bonds. The van der Waals surface area contributed by atoms with E-state index >= 15 is 0 Å². The molecule has 33 heavy (non-hydrogen) atoms. The number of rotatable bonds is 12. The minimum absolute atomic E-state index is 0.0714. The number of aromatic nitrogens is 1. The number of hydrogen-bond donors (Lipinski definition) is 0. The van der Waals surface area contributed by atoms with Gasteiger partial charge in [-0.1, -0.05) is 17.4 Å². The normalized spacial score (nSPS) is 12.3. The van der Waals surface area contributed by atoms with Crippen molar-refractivity contribution in [1.82, 2.24) is 4.98 Å². The molecule has 1 unspecified atom stereocenters. The van der Waals surface area contributed by atoms with Gasteiger partial charge in [0.25, 0.3) is 0 Å². The predicted octanol–water partition coefficient (Wildman–Crippen LogP) is 5.03. The molecule has 0 aliphatic heterocycles. The van der Waals surface area contributed by atoms with Crippen LogP contribution < -0.4 is 9.08 Å². The first-order valence-electron chi connectivity index (χ1n) is 9.87. The summed E-state index contributed by atoms with van der Waals surface area (Å²) in [5, 5.41) is 11.4. The zero-order valence-corrected chi connectivity index (χ0v) is 20.5. The van der Waals surface area contributed by atoms with E-state index in [9.17, 15) is 18.5 Å². The van der Waals surface area contributed by atoms with Gasteiger partial charge in [-0.25, -0.2) is 0 Å². The summed E-state index contributed by atoms with van der Waals surface area (Å²) in [6.07, 6.45) is 1.46. The summed E-state index contributed by atoms with van der Waals surface area (Å²) in [7, 11) is -4.30. The van der Waals surface area contributed by atoms with Crippen LogP contribution >= 0.6 is 34.5 Å². The lowest BCUT2D eigenvalue weighted by Crippen LogP contribution is -2.27. The van der Waals surface area contributed by atoms with Crippen molar-refractivity contribution in [2.45, 2.75) is 11.7 Å². The quantitative estimate of drug-likeness (QED) is 0.140. The van der Waals surface area contributed by atoms with Crippen molar-refractivity contribution in [3.05, 3.63) is 81.5 Å². The molecule has 8 nitrogen and oxygen atoms in total. The molecule has 0 radical (unpaired) electrons. The molecule has 3 rings (SSSR count). The van der Waals surface area contributed by atoms with Crippen molar-refractivity contribution in [2.75, 3.05) is 29.7 Å². The number of anilines is 1. The molecule has 0 aliphatic carbocycles. The minimum atomic E-state index is -4.30. The summed E-state index contributed by atoms with van der Waals surface area (Å²) in [5.74, 6) is 0.926. The molecule has 3 aromatic rings. The third kappa shape index (κ3) is 6.57. The molecule has 1 aromatic carbocycles. The Bertz CT molecular complexity index is 1150. The van der Waals surface area contributed by atoms with Gasteiger partial charge >= 0.3 is 15.1 Å². The lowest BCUT2D eigenvalue weighted by molar-refractivity contribution is -0.380. The summed E-state index contributed by atoms with van der Waals surface area (Å²) < 4.78 is 32.0. The Kier molecular flexibility index (Phi) is 8.90. The molecule has 0 spiro atoms. The smallest absolute Gasteiger partial charge is 0.328 e. The van der Waals surface area contributed by atoms with Crippen LogP contribution in [-0.4, -0.2) is 43.2 Å². The highest BCUT2D eigenvalue weighted by molar-refractivity contribution is 7.87. The zero-order chi connectivity index (χ0) is 23.8. The van der Waals surface area contributed by atoms with E-state index in [0.717, 1.165) is 17.0 Å². The van der Waals surface area contributed by atoms with Crippen molar-refractivity contribution >= 4 is 55.3 Å². The van der Waals surface area contributed by atoms with Gasteiger partial charge in [-0.3, -0.25) is 15.1 Å². The molecule has 0 bridgehead atoms. The van der Waals surface area contributed by atoms with Gasteiger partial charge in [-0.05, 0) is 47.8 Å². The van der Waals surface area contributed by atoms with E-state index in [1.165, 1.54) is 29.8 Å². The third-order valence-electron chi connectivity index (χ3n) is 4.78. The van der Waals surface area contributed by atoms with E-state index in [4.69, 9.17) is 27.4 Å². The molecular weight excluding hydrogens is 509 g/mol. The summed E-state index contributed by atoms with van der Waals surface area (Å²) in [5.41, 5.74) is 1.37. The van der Waals surface area contributed by atoms with Crippen LogP contribution in [0.25, 0.3) is 0 Å². The minimum Gasteiger partial charge on any atom is -0.382 e. The SMILES string of the molecule is O=[N+]([O-])c1sccc1C(Cc1ccccn1)S(=O)(=O)Oc1ccc(N(CCCl)CCCl)cc1. The monoisotopic (exact) mass is 529 g/mol. The zero-order valence-electron chi connectivity index (χ0n) is 17.3. The van der Waals surface area contributed by atoms with Crippen LogP contribution in [0.15, 0.2) is 60.1 Å². The Morgan fingerprint density at radius 2 is 1.79 bits per heavy atom. The fraction of sp³-hybridized carbons (Fsp3) is 0.286. The fourth-order valence-electron chi connectivity index (χ4n) is 3.26. The molecule has 0 N–H and O–H groups in total. The maximum Gasteiger partial charge on any atom is 0.328 e. The Hall–Kier alpha value is -2.40. The second-order valence-corrected chi connectivity index (χ2v) is 10.3. The maximum absolute atomic E-state index is 13.3. The van der Waals surface area contributed by atoms with Gasteiger partial charge in [-0.2, -0.15) is 8.42 Å². The Balaban J connectivity index is 1.90. The largest absolute Gasteiger partial charge is 0.382 e. The molecule has 0 saturated carbocycles. The van der Waals surface area contributed by atoms with Crippen molar-refractivity contribution in [3.63, 3.8) is 0 Å². The molecule has 1 atom stereocenters. The molecule has 0 fully saturated rings. The van der Waals surface area contributed by atoms with Crippen LogP contribution in [0.2, 0.25) is 0 Å². The first-order chi connectivity index (χ1) is 15.9. The van der Waals surface area contributed by atoms with E-state index in [0.29, 0.717) is 30.5 Å². The molecule has 176 valence electrons.